The number of halogens is 1. The van der Waals surface area contributed by atoms with E-state index in [1.54, 1.807) is 18.2 Å². The van der Waals surface area contributed by atoms with Crippen LogP contribution in [0, 0.1) is 5.41 Å². The lowest BCUT2D eigenvalue weighted by atomic mass is 10.0. The summed E-state index contributed by atoms with van der Waals surface area (Å²) in [5, 5.41) is 4.65. The molecule has 1 aromatic heterocycles. The Hall–Kier alpha value is -2.17. The van der Waals surface area contributed by atoms with E-state index in [1.165, 1.54) is 0 Å². The van der Waals surface area contributed by atoms with Gasteiger partial charge in [-0.2, -0.15) is 9.97 Å². The van der Waals surface area contributed by atoms with Crippen molar-refractivity contribution < 1.29 is 4.74 Å². The van der Waals surface area contributed by atoms with E-state index in [0.29, 0.717) is 16.4 Å². The molecule has 0 amide bonds. The standard InChI is InChI=1S/C17H16ClN3O.C5H12/c1-3-5-11(4-2)16-14-8-12(18)6-7-15(14)20-17(21-16)22-13-9-19-10-13;1-5(2,3)4/h3-8,13,19H,1-2,9-10H2;1-4H3/b11-5+;. The summed E-state index contributed by atoms with van der Waals surface area (Å²) in [5.41, 5.74) is 2.87. The summed E-state index contributed by atoms with van der Waals surface area (Å²) in [7, 11) is 0. The fraction of sp³-hybridized carbons (Fsp3) is 0.364. The number of hydrogen-bond donors (Lipinski definition) is 1. The highest BCUT2D eigenvalue weighted by molar-refractivity contribution is 6.31. The topological polar surface area (TPSA) is 47.0 Å². The summed E-state index contributed by atoms with van der Waals surface area (Å²) in [6.07, 6.45) is 5.41. The van der Waals surface area contributed by atoms with Gasteiger partial charge in [0.15, 0.2) is 0 Å². The maximum Gasteiger partial charge on any atom is 0.317 e. The average Bonchev–Trinajstić information content (AvgIpc) is 2.54. The van der Waals surface area contributed by atoms with Crippen molar-refractivity contribution in [2.24, 2.45) is 5.41 Å². The molecule has 2 aromatic rings. The van der Waals surface area contributed by atoms with Gasteiger partial charge in [-0.15, -0.1) is 0 Å². The van der Waals surface area contributed by atoms with Crippen LogP contribution in [0.1, 0.15) is 33.4 Å². The molecule has 0 radical (unpaired) electrons. The van der Waals surface area contributed by atoms with Gasteiger partial charge in [-0.25, -0.2) is 0 Å². The SMILES string of the molecule is C=C/C=C(\C=C)c1nc(OC2CNC2)nc2ccc(Cl)cc12.CC(C)(C)C. The summed E-state index contributed by atoms with van der Waals surface area (Å²) in [6.45, 7) is 18.0. The van der Waals surface area contributed by atoms with Gasteiger partial charge >= 0.3 is 6.01 Å². The van der Waals surface area contributed by atoms with Gasteiger partial charge < -0.3 is 10.1 Å². The van der Waals surface area contributed by atoms with E-state index >= 15 is 0 Å². The number of nitrogens with one attached hydrogen (secondary N) is 1. The maximum absolute atomic E-state index is 6.11. The molecule has 144 valence electrons. The molecule has 0 spiro atoms. The van der Waals surface area contributed by atoms with Gasteiger partial charge in [0.1, 0.15) is 6.10 Å². The third kappa shape index (κ3) is 6.49. The highest BCUT2D eigenvalue weighted by Gasteiger charge is 2.21. The van der Waals surface area contributed by atoms with Crippen LogP contribution >= 0.6 is 11.6 Å². The number of hydrogen-bond acceptors (Lipinski definition) is 4. The summed E-state index contributed by atoms with van der Waals surface area (Å²) in [6, 6.07) is 5.89. The molecule has 0 unspecified atom stereocenters. The monoisotopic (exact) mass is 385 g/mol. The van der Waals surface area contributed by atoms with Crippen molar-refractivity contribution in [2.75, 3.05) is 13.1 Å². The van der Waals surface area contributed by atoms with Crippen LogP contribution in [-0.2, 0) is 0 Å². The molecule has 2 heterocycles. The molecular weight excluding hydrogens is 358 g/mol. The molecule has 1 aliphatic rings. The van der Waals surface area contributed by atoms with E-state index < -0.39 is 0 Å². The molecule has 1 aliphatic heterocycles. The number of nitrogens with zero attached hydrogens (tertiary/aromatic N) is 2. The Balaban J connectivity index is 0.000000465. The molecular formula is C22H28ClN3O. The van der Waals surface area contributed by atoms with Crippen molar-refractivity contribution in [3.63, 3.8) is 0 Å². The van der Waals surface area contributed by atoms with Crippen LogP contribution in [0.4, 0.5) is 0 Å². The first kappa shape index (κ1) is 21.1. The van der Waals surface area contributed by atoms with Gasteiger partial charge in [-0.3, -0.25) is 0 Å². The minimum Gasteiger partial charge on any atom is -0.457 e. The Labute approximate surface area is 167 Å². The first-order chi connectivity index (χ1) is 12.7. The molecule has 1 N–H and O–H groups in total. The zero-order chi connectivity index (χ0) is 20.0. The lowest BCUT2D eigenvalue weighted by molar-refractivity contribution is 0.130. The summed E-state index contributed by atoms with van der Waals surface area (Å²) >= 11 is 6.11. The predicted octanol–water partition coefficient (Wildman–Crippen LogP) is 5.44. The lowest BCUT2D eigenvalue weighted by Gasteiger charge is -2.26. The number of ether oxygens (including phenoxy) is 1. The second-order valence-electron chi connectivity index (χ2n) is 7.98. The van der Waals surface area contributed by atoms with Gasteiger partial charge in [0.2, 0.25) is 0 Å². The molecule has 0 bridgehead atoms. The van der Waals surface area contributed by atoms with E-state index in [9.17, 15) is 0 Å². The van der Waals surface area contributed by atoms with Crippen molar-refractivity contribution in [2.45, 2.75) is 33.8 Å². The molecule has 1 saturated heterocycles. The maximum atomic E-state index is 6.11. The molecule has 0 saturated carbocycles. The molecule has 4 nitrogen and oxygen atoms in total. The second-order valence-corrected chi connectivity index (χ2v) is 8.41. The van der Waals surface area contributed by atoms with Crippen LogP contribution in [0.5, 0.6) is 6.01 Å². The van der Waals surface area contributed by atoms with Crippen molar-refractivity contribution in [1.29, 1.82) is 0 Å². The minimum atomic E-state index is 0.119. The zero-order valence-electron chi connectivity index (χ0n) is 16.6. The van der Waals surface area contributed by atoms with Crippen LogP contribution in [0.2, 0.25) is 5.02 Å². The molecule has 27 heavy (non-hydrogen) atoms. The van der Waals surface area contributed by atoms with E-state index in [-0.39, 0.29) is 6.10 Å². The Kier molecular flexibility index (Phi) is 7.17. The fourth-order valence-corrected chi connectivity index (χ4v) is 2.39. The fourth-order valence-electron chi connectivity index (χ4n) is 2.22. The zero-order valence-corrected chi connectivity index (χ0v) is 17.3. The smallest absolute Gasteiger partial charge is 0.317 e. The average molecular weight is 386 g/mol. The van der Waals surface area contributed by atoms with E-state index in [1.807, 2.05) is 18.2 Å². The van der Waals surface area contributed by atoms with Crippen molar-refractivity contribution in [3.8, 4) is 6.01 Å². The van der Waals surface area contributed by atoms with Gasteiger partial charge in [-0.1, -0.05) is 70.7 Å². The lowest BCUT2D eigenvalue weighted by Crippen LogP contribution is -2.50. The van der Waals surface area contributed by atoms with Crippen molar-refractivity contribution in [1.82, 2.24) is 15.3 Å². The van der Waals surface area contributed by atoms with Gasteiger partial charge in [0.05, 0.1) is 11.2 Å². The summed E-state index contributed by atoms with van der Waals surface area (Å²) < 4.78 is 5.80. The van der Waals surface area contributed by atoms with Crippen LogP contribution in [0.3, 0.4) is 0 Å². The Morgan fingerprint density at radius 2 is 1.89 bits per heavy atom. The molecule has 0 atom stereocenters. The number of aromatic nitrogens is 2. The first-order valence-corrected chi connectivity index (χ1v) is 9.39. The number of fused-ring (bicyclic) bond motifs is 1. The van der Waals surface area contributed by atoms with Crippen LogP contribution in [0.15, 0.2) is 49.6 Å². The highest BCUT2D eigenvalue weighted by Crippen LogP contribution is 2.28. The largest absolute Gasteiger partial charge is 0.457 e. The quantitative estimate of drug-likeness (QED) is 0.696. The van der Waals surface area contributed by atoms with Crippen LogP contribution < -0.4 is 10.1 Å². The predicted molar refractivity (Wildman–Crippen MR) is 115 cm³/mol. The van der Waals surface area contributed by atoms with E-state index in [0.717, 1.165) is 35.3 Å². The third-order valence-electron chi connectivity index (χ3n) is 3.44. The summed E-state index contributed by atoms with van der Waals surface area (Å²) in [5.74, 6) is 0. The molecule has 1 fully saturated rings. The normalized spacial score (nSPS) is 14.8. The number of rotatable bonds is 5. The van der Waals surface area contributed by atoms with Crippen LogP contribution in [-0.4, -0.2) is 29.2 Å². The van der Waals surface area contributed by atoms with Gasteiger partial charge in [-0.05, 0) is 23.6 Å². The minimum absolute atomic E-state index is 0.119. The third-order valence-corrected chi connectivity index (χ3v) is 3.68. The van der Waals surface area contributed by atoms with E-state index in [2.05, 4.69) is 56.1 Å². The van der Waals surface area contributed by atoms with Crippen LogP contribution in [0.25, 0.3) is 16.5 Å². The second kappa shape index (κ2) is 9.16. The van der Waals surface area contributed by atoms with Crippen molar-refractivity contribution in [3.05, 3.63) is 60.3 Å². The van der Waals surface area contributed by atoms with Gasteiger partial charge in [0, 0.05) is 29.1 Å². The number of benzene rings is 1. The highest BCUT2D eigenvalue weighted by atomic mass is 35.5. The Morgan fingerprint density at radius 1 is 1.22 bits per heavy atom. The van der Waals surface area contributed by atoms with E-state index in [4.69, 9.17) is 16.3 Å². The van der Waals surface area contributed by atoms with Gasteiger partial charge in [0.25, 0.3) is 0 Å². The van der Waals surface area contributed by atoms with Crippen molar-refractivity contribution >= 4 is 28.1 Å². The Morgan fingerprint density at radius 3 is 2.41 bits per heavy atom. The molecule has 1 aromatic carbocycles. The molecule has 5 heteroatoms. The molecule has 3 rings (SSSR count). The first-order valence-electron chi connectivity index (χ1n) is 9.01. The number of allylic oxidation sites excluding steroid dienone is 4. The summed E-state index contributed by atoms with van der Waals surface area (Å²) in [4.78, 5) is 9.02. The Bertz CT molecular complexity index is 842. The molecule has 0 aliphatic carbocycles.